The summed E-state index contributed by atoms with van der Waals surface area (Å²) in [5.41, 5.74) is -0.255. The molecule has 0 N–H and O–H groups in total. The molecule has 0 radical (unpaired) electrons. The number of aromatic nitrogens is 1. The molecule has 1 aromatic heterocycles. The molecule has 1 fully saturated rings. The lowest BCUT2D eigenvalue weighted by atomic mass is 10.1. The van der Waals surface area contributed by atoms with Crippen molar-refractivity contribution < 1.29 is 8.78 Å². The molecule has 1 aliphatic rings. The van der Waals surface area contributed by atoms with Gasteiger partial charge in [-0.3, -0.25) is 0 Å². The minimum Gasteiger partial charge on any atom is -0.357 e. The molecular weight excluding hydrogens is 234 g/mol. The second-order valence-corrected chi connectivity index (χ2v) is 4.43. The van der Waals surface area contributed by atoms with Gasteiger partial charge in [0, 0.05) is 19.3 Å². The van der Waals surface area contributed by atoms with Crippen molar-refractivity contribution in [3.05, 3.63) is 23.9 Å². The van der Waals surface area contributed by atoms with Crippen LogP contribution in [0.1, 0.15) is 24.8 Å². The fourth-order valence-electron chi connectivity index (χ4n) is 1.86. The van der Waals surface area contributed by atoms with Crippen LogP contribution >= 0.6 is 11.6 Å². The number of pyridine rings is 1. The van der Waals surface area contributed by atoms with E-state index in [1.165, 1.54) is 12.5 Å². The zero-order valence-corrected chi connectivity index (χ0v) is 9.55. The highest BCUT2D eigenvalue weighted by atomic mass is 35.5. The lowest BCUT2D eigenvalue weighted by Gasteiger charge is -2.27. The van der Waals surface area contributed by atoms with E-state index < -0.39 is 5.38 Å². The van der Waals surface area contributed by atoms with E-state index in [-0.39, 0.29) is 5.56 Å². The van der Waals surface area contributed by atoms with Gasteiger partial charge >= 0.3 is 5.38 Å². The molecule has 0 bridgehead atoms. The van der Waals surface area contributed by atoms with Gasteiger partial charge in [-0.1, -0.05) is 0 Å². The van der Waals surface area contributed by atoms with Crippen LogP contribution in [0.15, 0.2) is 18.3 Å². The Kier molecular flexibility index (Phi) is 3.28. The summed E-state index contributed by atoms with van der Waals surface area (Å²) in [5.74, 6) is 0.754. The number of anilines is 1. The van der Waals surface area contributed by atoms with Crippen LogP contribution in [-0.4, -0.2) is 18.1 Å². The standard InChI is InChI=1S/C11H13ClF2N2/c12-11(13,14)9-4-5-10(15-8-9)16-6-2-1-3-7-16/h4-5,8H,1-3,6-7H2. The Morgan fingerprint density at radius 1 is 1.19 bits per heavy atom. The van der Waals surface area contributed by atoms with Crippen molar-refractivity contribution in [2.75, 3.05) is 18.0 Å². The summed E-state index contributed by atoms with van der Waals surface area (Å²) in [4.78, 5) is 6.14. The zero-order chi connectivity index (χ0) is 11.6. The lowest BCUT2D eigenvalue weighted by molar-refractivity contribution is 0.0947. The summed E-state index contributed by atoms with van der Waals surface area (Å²) >= 11 is 4.91. The van der Waals surface area contributed by atoms with Crippen molar-refractivity contribution in [2.24, 2.45) is 0 Å². The zero-order valence-electron chi connectivity index (χ0n) is 8.80. The van der Waals surface area contributed by atoms with Crippen LogP contribution in [0.5, 0.6) is 0 Å². The van der Waals surface area contributed by atoms with E-state index in [2.05, 4.69) is 9.88 Å². The first-order chi connectivity index (χ1) is 7.57. The van der Waals surface area contributed by atoms with Crippen LogP contribution in [0.4, 0.5) is 14.6 Å². The van der Waals surface area contributed by atoms with Gasteiger partial charge in [-0.15, -0.1) is 0 Å². The fraction of sp³-hybridized carbons (Fsp3) is 0.545. The van der Waals surface area contributed by atoms with E-state index in [0.717, 1.165) is 37.9 Å². The number of hydrogen-bond acceptors (Lipinski definition) is 2. The van der Waals surface area contributed by atoms with Gasteiger partial charge < -0.3 is 4.90 Å². The molecule has 0 unspecified atom stereocenters. The SMILES string of the molecule is FC(F)(Cl)c1ccc(N2CCCCC2)nc1. The molecule has 1 aromatic rings. The van der Waals surface area contributed by atoms with Gasteiger partial charge in [-0.2, -0.15) is 8.78 Å². The maximum Gasteiger partial charge on any atom is 0.349 e. The second-order valence-electron chi connectivity index (χ2n) is 3.95. The van der Waals surface area contributed by atoms with Crippen LogP contribution in [-0.2, 0) is 5.38 Å². The molecule has 5 heteroatoms. The highest BCUT2D eigenvalue weighted by molar-refractivity contribution is 6.21. The van der Waals surface area contributed by atoms with Crippen molar-refractivity contribution in [2.45, 2.75) is 24.6 Å². The molecule has 0 spiro atoms. The maximum absolute atomic E-state index is 12.7. The van der Waals surface area contributed by atoms with Crippen molar-refractivity contribution >= 4 is 17.4 Å². The summed E-state index contributed by atoms with van der Waals surface area (Å²) in [5, 5.41) is -3.33. The Labute approximate surface area is 98.2 Å². The molecule has 2 nitrogen and oxygen atoms in total. The Morgan fingerprint density at radius 2 is 1.88 bits per heavy atom. The number of rotatable bonds is 2. The van der Waals surface area contributed by atoms with Crippen molar-refractivity contribution in [1.82, 2.24) is 4.98 Å². The van der Waals surface area contributed by atoms with Crippen LogP contribution in [0, 0.1) is 0 Å². The first-order valence-corrected chi connectivity index (χ1v) is 5.73. The van der Waals surface area contributed by atoms with Crippen LogP contribution in [0.25, 0.3) is 0 Å². The van der Waals surface area contributed by atoms with Gasteiger partial charge in [0.15, 0.2) is 0 Å². The topological polar surface area (TPSA) is 16.1 Å². The molecule has 0 aliphatic carbocycles. The molecule has 2 heterocycles. The highest BCUT2D eigenvalue weighted by Gasteiger charge is 2.28. The van der Waals surface area contributed by atoms with Crippen molar-refractivity contribution in [3.8, 4) is 0 Å². The van der Waals surface area contributed by atoms with Crippen molar-refractivity contribution in [3.63, 3.8) is 0 Å². The number of alkyl halides is 3. The normalized spacial score (nSPS) is 17.6. The predicted octanol–water partition coefficient (Wildman–Crippen LogP) is 3.36. The van der Waals surface area contributed by atoms with E-state index in [1.807, 2.05) is 0 Å². The third-order valence-electron chi connectivity index (χ3n) is 2.76. The maximum atomic E-state index is 12.7. The predicted molar refractivity (Wildman–Crippen MR) is 60.0 cm³/mol. The Morgan fingerprint density at radius 3 is 2.38 bits per heavy atom. The number of halogens is 3. The summed E-state index contributed by atoms with van der Waals surface area (Å²) < 4.78 is 25.5. The van der Waals surface area contributed by atoms with Gasteiger partial charge in [-0.05, 0) is 43.0 Å². The highest BCUT2D eigenvalue weighted by Crippen LogP contribution is 2.32. The molecule has 2 rings (SSSR count). The Balaban J connectivity index is 2.12. The van der Waals surface area contributed by atoms with Gasteiger partial charge in [0.05, 0.1) is 5.56 Å². The van der Waals surface area contributed by atoms with Crippen molar-refractivity contribution in [1.29, 1.82) is 0 Å². The molecule has 0 amide bonds. The summed E-state index contributed by atoms with van der Waals surface area (Å²) in [6, 6.07) is 2.95. The minimum atomic E-state index is -3.33. The first-order valence-electron chi connectivity index (χ1n) is 5.35. The van der Waals surface area contributed by atoms with E-state index in [4.69, 9.17) is 11.6 Å². The van der Waals surface area contributed by atoms with Crippen LogP contribution in [0.2, 0.25) is 0 Å². The fourth-order valence-corrected chi connectivity index (χ4v) is 1.98. The van der Waals surface area contributed by atoms with Crippen LogP contribution < -0.4 is 4.90 Å². The molecule has 88 valence electrons. The van der Waals surface area contributed by atoms with E-state index in [0.29, 0.717) is 0 Å². The smallest absolute Gasteiger partial charge is 0.349 e. The first kappa shape index (κ1) is 11.6. The average Bonchev–Trinajstić information content (AvgIpc) is 2.29. The number of hydrogen-bond donors (Lipinski definition) is 0. The molecule has 0 saturated carbocycles. The monoisotopic (exact) mass is 246 g/mol. The third kappa shape index (κ3) is 2.61. The molecule has 16 heavy (non-hydrogen) atoms. The molecule has 1 aliphatic heterocycles. The summed E-state index contributed by atoms with van der Waals surface area (Å²) in [6.07, 6.45) is 4.65. The number of piperidine rings is 1. The Bertz CT molecular complexity index is 342. The largest absolute Gasteiger partial charge is 0.357 e. The quantitative estimate of drug-likeness (QED) is 0.744. The summed E-state index contributed by atoms with van der Waals surface area (Å²) in [6.45, 7) is 1.90. The van der Waals surface area contributed by atoms with E-state index in [9.17, 15) is 8.78 Å². The van der Waals surface area contributed by atoms with Crippen LogP contribution in [0.3, 0.4) is 0 Å². The van der Waals surface area contributed by atoms with E-state index >= 15 is 0 Å². The molecule has 0 aromatic carbocycles. The van der Waals surface area contributed by atoms with Gasteiger partial charge in [0.1, 0.15) is 5.82 Å². The minimum absolute atomic E-state index is 0.255. The number of nitrogens with zero attached hydrogens (tertiary/aromatic N) is 2. The van der Waals surface area contributed by atoms with Gasteiger partial charge in [-0.25, -0.2) is 4.98 Å². The van der Waals surface area contributed by atoms with Gasteiger partial charge in [0.25, 0.3) is 0 Å². The third-order valence-corrected chi connectivity index (χ3v) is 2.97. The lowest BCUT2D eigenvalue weighted by Crippen LogP contribution is -2.30. The van der Waals surface area contributed by atoms with E-state index in [1.54, 1.807) is 6.07 Å². The molecule has 0 atom stereocenters. The molecule has 1 saturated heterocycles. The van der Waals surface area contributed by atoms with Gasteiger partial charge in [0.2, 0.25) is 0 Å². The molecular formula is C11H13ClF2N2. The Hall–Kier alpha value is -0.900. The summed E-state index contributed by atoms with van der Waals surface area (Å²) in [7, 11) is 0. The average molecular weight is 247 g/mol. The second kappa shape index (κ2) is 4.53.